The molecule has 1 N–H and O–H groups in total. The zero-order valence-electron chi connectivity index (χ0n) is 14.6. The fraction of sp³-hybridized carbons (Fsp3) is 0.588. The van der Waals surface area contributed by atoms with E-state index in [1.54, 1.807) is 6.07 Å². The number of hydrogen-bond donors (Lipinski definition) is 1. The third-order valence-corrected chi connectivity index (χ3v) is 4.40. The Kier molecular flexibility index (Phi) is 5.62. The number of β-amino-alcohol motifs (C(OH)–C–C–N with tert-alkyl or cyclic N) is 1. The van der Waals surface area contributed by atoms with Crippen LogP contribution < -0.4 is 0 Å². The van der Waals surface area contributed by atoms with Crippen LogP contribution >= 0.6 is 0 Å². The fourth-order valence-electron chi connectivity index (χ4n) is 2.98. The molecule has 1 aliphatic heterocycles. The number of fused-ring (bicyclic) bond motifs is 1. The van der Waals surface area contributed by atoms with Crippen LogP contribution in [-0.2, 0) is 4.74 Å². The van der Waals surface area contributed by atoms with Gasteiger partial charge in [0.15, 0.2) is 0 Å². The van der Waals surface area contributed by atoms with Gasteiger partial charge in [0.2, 0.25) is 0 Å². The molecule has 2 aromatic heterocycles. The van der Waals surface area contributed by atoms with Crippen LogP contribution in [-0.4, -0.2) is 83.0 Å². The summed E-state index contributed by atoms with van der Waals surface area (Å²) in [5, 5.41) is 14.6. The predicted molar refractivity (Wildman–Crippen MR) is 91.4 cm³/mol. The molecule has 0 radical (unpaired) electrons. The molecule has 136 valence electrons. The lowest BCUT2D eigenvalue weighted by molar-refractivity contribution is 0.0111. The van der Waals surface area contributed by atoms with Gasteiger partial charge in [-0.25, -0.2) is 4.98 Å². The molecule has 0 aromatic carbocycles. The molecule has 1 amide bonds. The summed E-state index contributed by atoms with van der Waals surface area (Å²) in [6, 6.07) is 1.79. The first-order valence-electron chi connectivity index (χ1n) is 8.58. The summed E-state index contributed by atoms with van der Waals surface area (Å²) in [4.78, 5) is 20.8. The summed E-state index contributed by atoms with van der Waals surface area (Å²) in [6.07, 6.45) is 1.04. The van der Waals surface area contributed by atoms with Crippen molar-refractivity contribution in [1.29, 1.82) is 0 Å². The van der Waals surface area contributed by atoms with E-state index in [1.807, 2.05) is 18.7 Å². The van der Waals surface area contributed by atoms with Crippen molar-refractivity contribution in [3.8, 4) is 0 Å². The SMILES string of the molecule is CCOCC(O)CN1CCN(C(=O)c2cnc3onc(C)c3c2)CC1. The molecule has 2 aromatic rings. The van der Waals surface area contributed by atoms with E-state index in [2.05, 4.69) is 15.0 Å². The van der Waals surface area contributed by atoms with Gasteiger partial charge in [0.1, 0.15) is 0 Å². The number of rotatable bonds is 6. The molecule has 3 rings (SSSR count). The predicted octanol–water partition coefficient (Wildman–Crippen LogP) is 0.686. The monoisotopic (exact) mass is 348 g/mol. The number of aryl methyl sites for hydroxylation is 1. The molecule has 1 saturated heterocycles. The van der Waals surface area contributed by atoms with Crippen molar-refractivity contribution in [3.63, 3.8) is 0 Å². The third-order valence-electron chi connectivity index (χ3n) is 4.40. The number of pyridine rings is 1. The van der Waals surface area contributed by atoms with Gasteiger partial charge in [-0.15, -0.1) is 0 Å². The van der Waals surface area contributed by atoms with Gasteiger partial charge in [0.05, 0.1) is 29.4 Å². The lowest BCUT2D eigenvalue weighted by Gasteiger charge is -2.35. The quantitative estimate of drug-likeness (QED) is 0.821. The number of piperazine rings is 1. The highest BCUT2D eigenvalue weighted by Gasteiger charge is 2.24. The summed E-state index contributed by atoms with van der Waals surface area (Å²) in [5.41, 5.74) is 1.72. The van der Waals surface area contributed by atoms with Crippen molar-refractivity contribution in [1.82, 2.24) is 19.9 Å². The van der Waals surface area contributed by atoms with Crippen molar-refractivity contribution in [2.45, 2.75) is 20.0 Å². The van der Waals surface area contributed by atoms with Crippen LogP contribution in [0.4, 0.5) is 0 Å². The molecule has 3 heterocycles. The van der Waals surface area contributed by atoms with Gasteiger partial charge in [0, 0.05) is 45.5 Å². The van der Waals surface area contributed by atoms with Gasteiger partial charge in [-0.3, -0.25) is 9.69 Å². The summed E-state index contributed by atoms with van der Waals surface area (Å²) in [6.45, 7) is 7.96. The molecule has 0 bridgehead atoms. The highest BCUT2D eigenvalue weighted by atomic mass is 16.5. The second-order valence-electron chi connectivity index (χ2n) is 6.25. The molecule has 0 saturated carbocycles. The molecule has 8 nitrogen and oxygen atoms in total. The summed E-state index contributed by atoms with van der Waals surface area (Å²) in [5.74, 6) is -0.0375. The van der Waals surface area contributed by atoms with Crippen LogP contribution in [0.3, 0.4) is 0 Å². The van der Waals surface area contributed by atoms with Gasteiger partial charge in [-0.2, -0.15) is 0 Å². The van der Waals surface area contributed by atoms with Crippen molar-refractivity contribution >= 4 is 17.0 Å². The Labute approximate surface area is 146 Å². The van der Waals surface area contributed by atoms with Crippen molar-refractivity contribution in [3.05, 3.63) is 23.5 Å². The second-order valence-corrected chi connectivity index (χ2v) is 6.25. The maximum Gasteiger partial charge on any atom is 0.257 e. The Morgan fingerprint density at radius 2 is 2.16 bits per heavy atom. The Balaban J connectivity index is 1.56. The molecular formula is C17H24N4O4. The number of ether oxygens (including phenoxy) is 1. The minimum Gasteiger partial charge on any atom is -0.389 e. The normalized spacial score (nSPS) is 17.2. The average molecular weight is 348 g/mol. The van der Waals surface area contributed by atoms with Crippen LogP contribution in [0, 0.1) is 6.92 Å². The van der Waals surface area contributed by atoms with Crippen LogP contribution in [0.5, 0.6) is 0 Å². The van der Waals surface area contributed by atoms with E-state index in [0.717, 1.165) is 24.2 Å². The lowest BCUT2D eigenvalue weighted by atomic mass is 10.1. The lowest BCUT2D eigenvalue weighted by Crippen LogP contribution is -2.50. The number of nitrogens with zero attached hydrogens (tertiary/aromatic N) is 4. The molecule has 0 spiro atoms. The van der Waals surface area contributed by atoms with E-state index in [0.29, 0.717) is 44.1 Å². The zero-order valence-corrected chi connectivity index (χ0v) is 14.6. The van der Waals surface area contributed by atoms with Crippen molar-refractivity contribution in [2.75, 3.05) is 45.9 Å². The molecular weight excluding hydrogens is 324 g/mol. The minimum absolute atomic E-state index is 0.0375. The summed E-state index contributed by atoms with van der Waals surface area (Å²) < 4.78 is 10.3. The maximum atomic E-state index is 12.7. The van der Waals surface area contributed by atoms with Crippen LogP contribution in [0.1, 0.15) is 23.0 Å². The van der Waals surface area contributed by atoms with Crippen molar-refractivity contribution in [2.24, 2.45) is 0 Å². The third kappa shape index (κ3) is 4.15. The number of amides is 1. The summed E-state index contributed by atoms with van der Waals surface area (Å²) >= 11 is 0. The Bertz CT molecular complexity index is 725. The topological polar surface area (TPSA) is 91.9 Å². The first kappa shape index (κ1) is 17.8. The van der Waals surface area contributed by atoms with E-state index in [9.17, 15) is 9.90 Å². The Morgan fingerprint density at radius 1 is 1.40 bits per heavy atom. The van der Waals surface area contributed by atoms with Gasteiger partial charge < -0.3 is 19.3 Å². The van der Waals surface area contributed by atoms with Crippen molar-refractivity contribution < 1.29 is 19.2 Å². The van der Waals surface area contributed by atoms with E-state index < -0.39 is 6.10 Å². The number of hydrogen-bond acceptors (Lipinski definition) is 7. The van der Waals surface area contributed by atoms with E-state index >= 15 is 0 Å². The molecule has 1 unspecified atom stereocenters. The van der Waals surface area contributed by atoms with Gasteiger partial charge in [-0.1, -0.05) is 5.16 Å². The highest BCUT2D eigenvalue weighted by Crippen LogP contribution is 2.18. The standard InChI is InChI=1S/C17H24N4O4/c1-3-24-11-14(22)10-20-4-6-21(7-5-20)17(23)13-8-15-12(2)19-25-16(15)18-9-13/h8-9,14,22H,3-7,10-11H2,1-2H3. The highest BCUT2D eigenvalue weighted by molar-refractivity contribution is 5.97. The maximum absolute atomic E-state index is 12.7. The van der Waals surface area contributed by atoms with Gasteiger partial charge in [0.25, 0.3) is 11.6 Å². The number of carbonyl (C=O) groups is 1. The fourth-order valence-corrected chi connectivity index (χ4v) is 2.98. The first-order valence-corrected chi connectivity index (χ1v) is 8.58. The second kappa shape index (κ2) is 7.90. The van der Waals surface area contributed by atoms with Crippen LogP contribution in [0.2, 0.25) is 0 Å². The van der Waals surface area contributed by atoms with E-state index in [-0.39, 0.29) is 5.91 Å². The average Bonchev–Trinajstić information content (AvgIpc) is 3.00. The van der Waals surface area contributed by atoms with E-state index in [4.69, 9.17) is 9.26 Å². The molecule has 0 aliphatic carbocycles. The number of aromatic nitrogens is 2. The Morgan fingerprint density at radius 3 is 2.88 bits per heavy atom. The number of carbonyl (C=O) groups excluding carboxylic acids is 1. The summed E-state index contributed by atoms with van der Waals surface area (Å²) in [7, 11) is 0. The van der Waals surface area contributed by atoms with E-state index in [1.165, 1.54) is 6.20 Å². The minimum atomic E-state index is -0.495. The molecule has 1 fully saturated rings. The van der Waals surface area contributed by atoms with Gasteiger partial charge in [-0.05, 0) is 19.9 Å². The first-order chi connectivity index (χ1) is 12.1. The van der Waals surface area contributed by atoms with Crippen LogP contribution in [0.25, 0.3) is 11.1 Å². The molecule has 8 heteroatoms. The molecule has 25 heavy (non-hydrogen) atoms. The Hall–Kier alpha value is -2.03. The number of aliphatic hydroxyl groups is 1. The number of aliphatic hydroxyl groups excluding tert-OH is 1. The molecule has 1 atom stereocenters. The smallest absolute Gasteiger partial charge is 0.257 e. The van der Waals surface area contributed by atoms with Crippen LogP contribution in [0.15, 0.2) is 16.8 Å². The zero-order chi connectivity index (χ0) is 17.8. The van der Waals surface area contributed by atoms with Gasteiger partial charge >= 0.3 is 0 Å². The molecule has 1 aliphatic rings. The largest absolute Gasteiger partial charge is 0.389 e.